The van der Waals surface area contributed by atoms with E-state index >= 15 is 0 Å². The smallest absolute Gasteiger partial charge is 0.431 e. The fraction of sp³-hybridized carbons (Fsp3) is 0.857. The molecule has 0 bridgehead atoms. The lowest BCUT2D eigenvalue weighted by molar-refractivity contribution is 0.0364. The molecule has 0 aliphatic carbocycles. The highest BCUT2D eigenvalue weighted by Crippen LogP contribution is 2.02. The third kappa shape index (κ3) is 5.98. The Hall–Kier alpha value is -0.440. The zero-order valence-corrected chi connectivity index (χ0v) is 7.56. The minimum absolute atomic E-state index is 0.0873. The summed E-state index contributed by atoms with van der Waals surface area (Å²) >= 11 is 5.13. The maximum atomic E-state index is 10.6. The summed E-state index contributed by atoms with van der Waals surface area (Å²) in [6.45, 7) is 3.84. The molecule has 0 rings (SSSR count). The summed E-state index contributed by atoms with van der Waals surface area (Å²) in [4.78, 5) is 10.6. The largest absolute Gasteiger partial charge is 0.509 e. The van der Waals surface area contributed by atoms with Gasteiger partial charge in [0.2, 0.25) is 0 Å². The van der Waals surface area contributed by atoms with Crippen LogP contribution in [0.4, 0.5) is 4.79 Å². The molecule has 0 unspecified atom stereocenters. The molecule has 0 saturated carbocycles. The van der Waals surface area contributed by atoms with Crippen LogP contribution in [0.3, 0.4) is 0 Å². The van der Waals surface area contributed by atoms with Crippen molar-refractivity contribution in [3.63, 3.8) is 0 Å². The monoisotopic (exact) mass is 180 g/mol. The lowest BCUT2D eigenvalue weighted by Crippen LogP contribution is -2.15. The first-order valence-corrected chi connectivity index (χ1v) is 4.13. The summed E-state index contributed by atoms with van der Waals surface area (Å²) in [7, 11) is 0. The van der Waals surface area contributed by atoms with E-state index in [4.69, 9.17) is 16.3 Å². The molecule has 0 spiro atoms. The van der Waals surface area contributed by atoms with Gasteiger partial charge in [-0.2, -0.15) is 0 Å². The quantitative estimate of drug-likeness (QED) is 0.493. The molecule has 0 aromatic rings. The number of hydrogen-bond donors (Lipinski definition) is 0. The van der Waals surface area contributed by atoms with Gasteiger partial charge in [0, 0.05) is 0 Å². The molecule has 0 aliphatic heterocycles. The first kappa shape index (κ1) is 10.6. The predicted molar refractivity (Wildman–Crippen MR) is 42.7 cm³/mol. The highest BCUT2D eigenvalue weighted by atomic mass is 35.5. The van der Waals surface area contributed by atoms with Gasteiger partial charge < -0.3 is 9.47 Å². The van der Waals surface area contributed by atoms with Crippen molar-refractivity contribution in [1.82, 2.24) is 0 Å². The van der Waals surface area contributed by atoms with E-state index in [9.17, 15) is 4.79 Å². The van der Waals surface area contributed by atoms with E-state index in [1.807, 2.05) is 13.8 Å². The van der Waals surface area contributed by atoms with Gasteiger partial charge in [-0.3, -0.25) is 0 Å². The Morgan fingerprint density at radius 3 is 2.73 bits per heavy atom. The summed E-state index contributed by atoms with van der Waals surface area (Å²) in [5.74, 6) is 0. The van der Waals surface area contributed by atoms with Gasteiger partial charge in [0.05, 0.1) is 0 Å². The average molecular weight is 181 g/mol. The summed E-state index contributed by atoms with van der Waals surface area (Å²) < 4.78 is 9.15. The van der Waals surface area contributed by atoms with Crippen molar-refractivity contribution >= 4 is 17.8 Å². The van der Waals surface area contributed by atoms with Crippen LogP contribution >= 0.6 is 11.6 Å². The minimum Gasteiger partial charge on any atom is -0.431 e. The van der Waals surface area contributed by atoms with Gasteiger partial charge in [0.1, 0.15) is 6.10 Å². The topological polar surface area (TPSA) is 35.5 Å². The first-order valence-electron chi connectivity index (χ1n) is 3.60. The third-order valence-electron chi connectivity index (χ3n) is 1.17. The second-order valence-electron chi connectivity index (χ2n) is 2.22. The molecule has 0 amide bonds. The van der Waals surface area contributed by atoms with E-state index in [1.165, 1.54) is 0 Å². The summed E-state index contributed by atoms with van der Waals surface area (Å²) in [5, 5.41) is 0. The summed E-state index contributed by atoms with van der Waals surface area (Å²) in [5.41, 5.74) is 0. The first-order chi connectivity index (χ1) is 5.20. The van der Waals surface area contributed by atoms with E-state index in [0.29, 0.717) is 0 Å². The zero-order valence-electron chi connectivity index (χ0n) is 6.80. The van der Waals surface area contributed by atoms with Crippen molar-refractivity contribution in [2.24, 2.45) is 0 Å². The Bertz CT molecular complexity index is 116. The van der Waals surface area contributed by atoms with Gasteiger partial charge in [-0.1, -0.05) is 24.9 Å². The van der Waals surface area contributed by atoms with Gasteiger partial charge in [0.15, 0.2) is 6.07 Å². The zero-order chi connectivity index (χ0) is 8.69. The molecule has 0 aromatic carbocycles. The van der Waals surface area contributed by atoms with E-state index in [0.717, 1.165) is 12.8 Å². The van der Waals surface area contributed by atoms with Crippen LogP contribution in [0.2, 0.25) is 0 Å². The molecule has 4 heteroatoms. The Labute approximate surface area is 71.6 Å². The van der Waals surface area contributed by atoms with Crippen LogP contribution in [0.1, 0.15) is 26.7 Å². The van der Waals surface area contributed by atoms with Crippen molar-refractivity contribution in [3.8, 4) is 0 Å². The number of alkyl halides is 1. The molecule has 0 saturated heterocycles. The molecule has 0 heterocycles. The molecule has 0 fully saturated rings. The van der Waals surface area contributed by atoms with Crippen LogP contribution in [-0.2, 0) is 9.47 Å². The second-order valence-corrected chi connectivity index (χ2v) is 2.44. The van der Waals surface area contributed by atoms with E-state index in [2.05, 4.69) is 4.74 Å². The lowest BCUT2D eigenvalue weighted by atomic mass is 10.2. The molecule has 1 atom stereocenters. The van der Waals surface area contributed by atoms with E-state index < -0.39 is 6.16 Å². The molecule has 0 aromatic heterocycles. The molecule has 11 heavy (non-hydrogen) atoms. The van der Waals surface area contributed by atoms with Gasteiger partial charge in [-0.25, -0.2) is 4.79 Å². The number of carbonyl (C=O) groups excluding carboxylic acids is 1. The Morgan fingerprint density at radius 1 is 1.64 bits per heavy atom. The number of halogens is 1. The van der Waals surface area contributed by atoms with Gasteiger partial charge in [0.25, 0.3) is 0 Å². The normalized spacial score (nSPS) is 12.3. The number of rotatable bonds is 4. The molecule has 0 radical (unpaired) electrons. The number of carbonyl (C=O) groups is 1. The van der Waals surface area contributed by atoms with Crippen molar-refractivity contribution in [2.45, 2.75) is 32.8 Å². The van der Waals surface area contributed by atoms with Crippen molar-refractivity contribution in [3.05, 3.63) is 0 Å². The summed E-state index contributed by atoms with van der Waals surface area (Å²) in [6, 6.07) is -0.155. The van der Waals surface area contributed by atoms with Crippen LogP contribution < -0.4 is 0 Å². The van der Waals surface area contributed by atoms with Crippen LogP contribution in [0.15, 0.2) is 0 Å². The van der Waals surface area contributed by atoms with Crippen LogP contribution in [0.25, 0.3) is 0 Å². The van der Waals surface area contributed by atoms with Crippen molar-refractivity contribution < 1.29 is 14.3 Å². The van der Waals surface area contributed by atoms with Crippen molar-refractivity contribution in [2.75, 3.05) is 6.07 Å². The molecule has 0 aliphatic rings. The Morgan fingerprint density at radius 2 is 2.27 bits per heavy atom. The average Bonchev–Trinajstić information content (AvgIpc) is 1.87. The predicted octanol–water partition coefficient (Wildman–Crippen LogP) is 2.52. The standard InChI is InChI=1S/C7H13ClO3/c1-3-4-6(2)11-7(9)10-5-8/h6H,3-5H2,1-2H3/t6-/m1/s1. The van der Waals surface area contributed by atoms with Gasteiger partial charge >= 0.3 is 6.16 Å². The van der Waals surface area contributed by atoms with Gasteiger partial charge in [-0.05, 0) is 13.3 Å². The van der Waals surface area contributed by atoms with Gasteiger partial charge in [-0.15, -0.1) is 0 Å². The molecule has 0 N–H and O–H groups in total. The maximum Gasteiger partial charge on any atom is 0.509 e. The molecule has 66 valence electrons. The highest BCUT2D eigenvalue weighted by Gasteiger charge is 2.08. The molecular formula is C7H13ClO3. The second kappa shape index (κ2) is 6.28. The lowest BCUT2D eigenvalue weighted by Gasteiger charge is -2.10. The minimum atomic E-state index is -0.694. The highest BCUT2D eigenvalue weighted by molar-refractivity contribution is 6.17. The number of ether oxygens (including phenoxy) is 2. The van der Waals surface area contributed by atoms with Crippen LogP contribution in [-0.4, -0.2) is 18.3 Å². The van der Waals surface area contributed by atoms with Crippen LogP contribution in [0.5, 0.6) is 0 Å². The number of hydrogen-bond acceptors (Lipinski definition) is 3. The Kier molecular flexibility index (Phi) is 6.03. The fourth-order valence-corrected chi connectivity index (χ4v) is 0.797. The van der Waals surface area contributed by atoms with E-state index in [1.54, 1.807) is 0 Å². The van der Waals surface area contributed by atoms with E-state index in [-0.39, 0.29) is 12.2 Å². The SMILES string of the molecule is CCC[C@@H](C)OC(=O)OCCl. The van der Waals surface area contributed by atoms with Crippen LogP contribution in [0, 0.1) is 0 Å². The summed E-state index contributed by atoms with van der Waals surface area (Å²) in [6.07, 6.45) is 1.05. The molecule has 3 nitrogen and oxygen atoms in total. The fourth-order valence-electron chi connectivity index (χ4n) is 0.708. The molecular weight excluding hydrogens is 168 g/mol. The Balaban J connectivity index is 3.40. The van der Waals surface area contributed by atoms with Crippen molar-refractivity contribution in [1.29, 1.82) is 0 Å². The maximum absolute atomic E-state index is 10.6. The third-order valence-corrected chi connectivity index (χ3v) is 1.27.